The van der Waals surface area contributed by atoms with E-state index in [1.54, 1.807) is 4.90 Å². The van der Waals surface area contributed by atoms with Crippen molar-refractivity contribution >= 4 is 33.4 Å². The van der Waals surface area contributed by atoms with Gasteiger partial charge in [-0.05, 0) is 46.6 Å². The lowest BCUT2D eigenvalue weighted by molar-refractivity contribution is 0.155. The highest BCUT2D eigenvalue weighted by molar-refractivity contribution is 9.10. The molecule has 0 unspecified atom stereocenters. The Hall–Kier alpha value is -1.81. The summed E-state index contributed by atoms with van der Waals surface area (Å²) in [5, 5.41) is 0. The summed E-state index contributed by atoms with van der Waals surface area (Å²) in [7, 11) is 0. The molecule has 1 amide bonds. The van der Waals surface area contributed by atoms with Gasteiger partial charge in [-0.2, -0.15) is 0 Å². The number of carbonyl (C=O) groups excluding carboxylic acids is 1. The fourth-order valence-corrected chi connectivity index (χ4v) is 2.34. The van der Waals surface area contributed by atoms with Gasteiger partial charge in [-0.25, -0.2) is 9.69 Å². The zero-order valence-electron chi connectivity index (χ0n) is 11.7. The van der Waals surface area contributed by atoms with Crippen molar-refractivity contribution in [1.29, 1.82) is 0 Å². The maximum atomic E-state index is 12.4. The first kappa shape index (κ1) is 15.6. The van der Waals surface area contributed by atoms with E-state index in [1.165, 1.54) is 0 Å². The van der Waals surface area contributed by atoms with E-state index in [-0.39, 0.29) is 6.09 Å². The van der Waals surface area contributed by atoms with Crippen molar-refractivity contribution in [1.82, 2.24) is 0 Å². The minimum atomic E-state index is -0.387. The van der Waals surface area contributed by atoms with Gasteiger partial charge in [-0.3, -0.25) is 0 Å². The van der Waals surface area contributed by atoms with E-state index in [1.807, 2.05) is 54.6 Å². The van der Waals surface area contributed by atoms with Crippen molar-refractivity contribution in [2.75, 3.05) is 11.5 Å². The minimum Gasteiger partial charge on any atom is -0.449 e. The van der Waals surface area contributed by atoms with Gasteiger partial charge >= 0.3 is 6.09 Å². The highest BCUT2D eigenvalue weighted by Gasteiger charge is 2.21. The number of hydrogen-bond acceptors (Lipinski definition) is 2. The number of para-hydroxylation sites is 2. The van der Waals surface area contributed by atoms with Crippen LogP contribution >= 0.6 is 15.9 Å². The molecule has 1 radical (unpaired) electrons. The molecule has 2 aromatic carbocycles. The monoisotopic (exact) mass is 346 g/mol. The van der Waals surface area contributed by atoms with Crippen molar-refractivity contribution in [3.63, 3.8) is 0 Å². The molecule has 2 aromatic rings. The number of nitrogens with zero attached hydrogens (tertiary/aromatic N) is 1. The van der Waals surface area contributed by atoms with Gasteiger partial charge in [0, 0.05) is 4.47 Å². The lowest BCUT2D eigenvalue weighted by Crippen LogP contribution is -2.27. The lowest BCUT2D eigenvalue weighted by atomic mass is 10.2. The van der Waals surface area contributed by atoms with Crippen molar-refractivity contribution in [3.05, 3.63) is 66.0 Å². The zero-order valence-corrected chi connectivity index (χ0v) is 13.3. The summed E-state index contributed by atoms with van der Waals surface area (Å²) in [6.45, 7) is 4.12. The predicted molar refractivity (Wildman–Crippen MR) is 88.7 cm³/mol. The summed E-state index contributed by atoms with van der Waals surface area (Å²) >= 11 is 3.48. The summed E-state index contributed by atoms with van der Waals surface area (Å²) in [4.78, 5) is 14.0. The Morgan fingerprint density at radius 1 is 1.10 bits per heavy atom. The van der Waals surface area contributed by atoms with Gasteiger partial charge in [-0.15, -0.1) is 0 Å². The molecule has 0 aliphatic rings. The molecule has 0 saturated heterocycles. The average Bonchev–Trinajstić information content (AvgIpc) is 2.51. The van der Waals surface area contributed by atoms with Gasteiger partial charge in [0.2, 0.25) is 0 Å². The highest BCUT2D eigenvalue weighted by Crippen LogP contribution is 2.32. The number of ether oxygens (including phenoxy) is 1. The van der Waals surface area contributed by atoms with Crippen LogP contribution < -0.4 is 4.90 Å². The van der Waals surface area contributed by atoms with Crippen molar-refractivity contribution in [2.45, 2.75) is 12.8 Å². The molecule has 21 heavy (non-hydrogen) atoms. The maximum absolute atomic E-state index is 12.4. The van der Waals surface area contributed by atoms with Crippen LogP contribution in [0.2, 0.25) is 0 Å². The molecule has 3 nitrogen and oxygen atoms in total. The second-order valence-corrected chi connectivity index (χ2v) is 5.30. The summed E-state index contributed by atoms with van der Waals surface area (Å²) in [6.07, 6.45) is 1.11. The SMILES string of the molecule is [CH2]CCCOC(=O)N(c1ccccc1)c1ccccc1Br. The normalized spacial score (nSPS) is 10.2. The average molecular weight is 347 g/mol. The third-order valence-corrected chi connectivity index (χ3v) is 3.58. The smallest absolute Gasteiger partial charge is 0.418 e. The molecular weight excluding hydrogens is 330 g/mol. The molecule has 109 valence electrons. The van der Waals surface area contributed by atoms with Crippen molar-refractivity contribution in [2.24, 2.45) is 0 Å². The predicted octanol–water partition coefficient (Wildman–Crippen LogP) is 5.34. The number of benzene rings is 2. The first-order chi connectivity index (χ1) is 10.2. The molecule has 0 fully saturated rings. The molecule has 4 heteroatoms. The molecule has 2 rings (SSSR count). The Balaban J connectivity index is 2.32. The van der Waals surface area contributed by atoms with Crippen LogP contribution in [-0.2, 0) is 4.74 Å². The second-order valence-electron chi connectivity index (χ2n) is 4.44. The first-order valence-corrected chi connectivity index (χ1v) is 7.59. The van der Waals surface area contributed by atoms with E-state index in [0.717, 1.165) is 28.7 Å². The molecule has 0 heterocycles. The number of carbonyl (C=O) groups is 1. The summed E-state index contributed by atoms with van der Waals surface area (Å²) in [5.41, 5.74) is 1.52. The second kappa shape index (κ2) is 7.84. The number of halogens is 1. The largest absolute Gasteiger partial charge is 0.449 e. The molecule has 0 aliphatic carbocycles. The van der Waals surface area contributed by atoms with Crippen LogP contribution in [0.15, 0.2) is 59.1 Å². The zero-order chi connectivity index (χ0) is 15.1. The summed E-state index contributed by atoms with van der Waals surface area (Å²) < 4.78 is 6.17. The van der Waals surface area contributed by atoms with Gasteiger partial charge in [-0.1, -0.05) is 43.7 Å². The van der Waals surface area contributed by atoms with Gasteiger partial charge in [0.25, 0.3) is 0 Å². The molecule has 0 aliphatic heterocycles. The maximum Gasteiger partial charge on any atom is 0.418 e. The summed E-state index contributed by atoms with van der Waals surface area (Å²) in [6, 6.07) is 17.0. The first-order valence-electron chi connectivity index (χ1n) is 6.79. The van der Waals surface area contributed by atoms with E-state index in [9.17, 15) is 4.79 Å². The molecule has 0 atom stereocenters. The Morgan fingerprint density at radius 2 is 1.76 bits per heavy atom. The standard InChI is InChI=1S/C17H17BrNO2/c1-2-3-13-21-17(20)19(14-9-5-4-6-10-14)16-12-8-7-11-15(16)18/h4-12H,1-3,13H2. The van der Waals surface area contributed by atoms with Crippen molar-refractivity contribution < 1.29 is 9.53 Å². The fraction of sp³-hybridized carbons (Fsp3) is 0.176. The van der Waals surface area contributed by atoms with Crippen LogP contribution in [0.25, 0.3) is 0 Å². The Labute approximate surface area is 133 Å². The number of unbranched alkanes of at least 4 members (excludes halogenated alkanes) is 1. The van der Waals surface area contributed by atoms with E-state index in [0.29, 0.717) is 6.61 Å². The molecule has 0 saturated carbocycles. The van der Waals surface area contributed by atoms with Gasteiger partial charge in [0.1, 0.15) is 0 Å². The van der Waals surface area contributed by atoms with E-state index in [4.69, 9.17) is 4.74 Å². The van der Waals surface area contributed by atoms with E-state index < -0.39 is 0 Å². The van der Waals surface area contributed by atoms with Gasteiger partial charge < -0.3 is 4.74 Å². The molecule has 0 N–H and O–H groups in total. The molecule has 0 spiro atoms. The van der Waals surface area contributed by atoms with E-state index in [2.05, 4.69) is 22.9 Å². The van der Waals surface area contributed by atoms with Crippen LogP contribution in [0.5, 0.6) is 0 Å². The third-order valence-electron chi connectivity index (χ3n) is 2.91. The van der Waals surface area contributed by atoms with Gasteiger partial charge in [0.15, 0.2) is 0 Å². The molecular formula is C17H17BrNO2. The van der Waals surface area contributed by atoms with Gasteiger partial charge in [0.05, 0.1) is 18.0 Å². The van der Waals surface area contributed by atoms with Crippen LogP contribution in [0.3, 0.4) is 0 Å². The van der Waals surface area contributed by atoms with Crippen molar-refractivity contribution in [3.8, 4) is 0 Å². The number of hydrogen-bond donors (Lipinski definition) is 0. The third kappa shape index (κ3) is 4.08. The van der Waals surface area contributed by atoms with E-state index >= 15 is 0 Å². The fourth-order valence-electron chi connectivity index (χ4n) is 1.88. The molecule has 0 bridgehead atoms. The lowest BCUT2D eigenvalue weighted by Gasteiger charge is -2.23. The highest BCUT2D eigenvalue weighted by atomic mass is 79.9. The van der Waals surface area contributed by atoms with Crippen LogP contribution in [-0.4, -0.2) is 12.7 Å². The quantitative estimate of drug-likeness (QED) is 0.684. The number of rotatable bonds is 5. The Morgan fingerprint density at radius 3 is 2.43 bits per heavy atom. The molecule has 0 aromatic heterocycles. The Kier molecular flexibility index (Phi) is 5.81. The number of anilines is 2. The minimum absolute atomic E-state index is 0.371. The summed E-state index contributed by atoms with van der Waals surface area (Å²) in [5.74, 6) is 0. The Bertz CT molecular complexity index is 586. The number of amides is 1. The van der Waals surface area contributed by atoms with Crippen LogP contribution in [0.1, 0.15) is 12.8 Å². The topological polar surface area (TPSA) is 29.5 Å². The van der Waals surface area contributed by atoms with Crippen LogP contribution in [0.4, 0.5) is 16.2 Å². The van der Waals surface area contributed by atoms with Crippen LogP contribution in [0, 0.1) is 6.92 Å².